The number of alkyl halides is 2. The van der Waals surface area contributed by atoms with E-state index in [4.69, 9.17) is 9.47 Å². The summed E-state index contributed by atoms with van der Waals surface area (Å²) in [5.74, 6) is -7.02. The van der Waals surface area contributed by atoms with Crippen molar-refractivity contribution in [2.75, 3.05) is 0 Å². The molecule has 2 fully saturated rings. The van der Waals surface area contributed by atoms with E-state index in [1.165, 1.54) is 0 Å². The molecule has 0 spiro atoms. The van der Waals surface area contributed by atoms with Crippen LogP contribution in [0.3, 0.4) is 0 Å². The number of hydrogen-bond acceptors (Lipinski definition) is 6. The number of carbonyl (C=O) groups is 1. The number of fused-ring (bicyclic) bond motifs is 1. The lowest BCUT2D eigenvalue weighted by molar-refractivity contribution is -0.163. The quantitative estimate of drug-likeness (QED) is 0.479. The minimum atomic E-state index is -3.84. The van der Waals surface area contributed by atoms with E-state index < -0.39 is 54.3 Å². The number of epoxide rings is 1. The van der Waals surface area contributed by atoms with Crippen LogP contribution in [0.4, 0.5) is 13.2 Å². The molecule has 0 aromatic rings. The number of nitrogens with zero attached hydrogens (tertiary/aromatic N) is 1. The number of nitrogens with one attached hydrogen (secondary N) is 1. The predicted molar refractivity (Wildman–Crippen MR) is 59.2 cm³/mol. The number of carbonyl (C=O) groups excluding carboxylic acids is 1. The summed E-state index contributed by atoms with van der Waals surface area (Å²) in [5, 5.41) is 20.8. The molecule has 0 aromatic heterocycles. The standard InChI is InChI=1S/C11H11F3N2O5/c1-3(17)5-6(18)11(13,14)10(20-5)16-2-4(12)7(19)15-8-9(16)21-8/h2,5-6,8-10,17-18H,1H2,(H,15,19)/t5-,6-,8?,9?,10-/m1/s1. The third kappa shape index (κ3) is 2.06. The molecule has 3 rings (SSSR count). The molecule has 2 saturated heterocycles. The van der Waals surface area contributed by atoms with Crippen molar-refractivity contribution in [2.24, 2.45) is 0 Å². The van der Waals surface area contributed by atoms with Crippen molar-refractivity contribution in [1.82, 2.24) is 10.2 Å². The van der Waals surface area contributed by atoms with E-state index >= 15 is 0 Å². The second-order valence-corrected chi connectivity index (χ2v) is 4.86. The van der Waals surface area contributed by atoms with Crippen LogP contribution in [-0.4, -0.2) is 57.8 Å². The molecule has 0 radical (unpaired) electrons. The van der Waals surface area contributed by atoms with Crippen molar-refractivity contribution in [2.45, 2.75) is 36.8 Å². The van der Waals surface area contributed by atoms with Gasteiger partial charge >= 0.3 is 5.92 Å². The van der Waals surface area contributed by atoms with Gasteiger partial charge in [0, 0.05) is 6.20 Å². The highest BCUT2D eigenvalue weighted by atomic mass is 19.3. The molecule has 10 heteroatoms. The maximum absolute atomic E-state index is 14.1. The zero-order valence-electron chi connectivity index (χ0n) is 10.4. The van der Waals surface area contributed by atoms with E-state index in [-0.39, 0.29) is 0 Å². The minimum absolute atomic E-state index is 0.529. The lowest BCUT2D eigenvalue weighted by Crippen LogP contribution is -2.48. The Morgan fingerprint density at radius 2 is 2.14 bits per heavy atom. The monoisotopic (exact) mass is 308 g/mol. The summed E-state index contributed by atoms with van der Waals surface area (Å²) in [6.45, 7) is 3.04. The molecule has 5 atom stereocenters. The van der Waals surface area contributed by atoms with Crippen LogP contribution in [0.25, 0.3) is 0 Å². The first-order valence-corrected chi connectivity index (χ1v) is 5.93. The molecule has 0 aliphatic carbocycles. The molecule has 0 saturated carbocycles. The third-order valence-electron chi connectivity index (χ3n) is 3.40. The summed E-state index contributed by atoms with van der Waals surface area (Å²) < 4.78 is 51.4. The molecular formula is C11H11F3N2O5. The van der Waals surface area contributed by atoms with Gasteiger partial charge < -0.3 is 29.9 Å². The maximum Gasteiger partial charge on any atom is 0.320 e. The lowest BCUT2D eigenvalue weighted by Gasteiger charge is -2.28. The van der Waals surface area contributed by atoms with Crippen LogP contribution < -0.4 is 5.32 Å². The van der Waals surface area contributed by atoms with Crippen LogP contribution in [-0.2, 0) is 14.3 Å². The summed E-state index contributed by atoms with van der Waals surface area (Å²) in [5.41, 5.74) is 0. The molecule has 3 heterocycles. The van der Waals surface area contributed by atoms with Crippen LogP contribution in [0, 0.1) is 0 Å². The van der Waals surface area contributed by atoms with Gasteiger partial charge in [-0.25, -0.2) is 0 Å². The fourth-order valence-corrected chi connectivity index (χ4v) is 2.28. The highest BCUT2D eigenvalue weighted by molar-refractivity contribution is 5.91. The normalized spacial score (nSPS) is 41.0. The molecular weight excluding hydrogens is 297 g/mol. The Morgan fingerprint density at radius 1 is 1.48 bits per heavy atom. The summed E-state index contributed by atoms with van der Waals surface area (Å²) in [7, 11) is 0. The van der Waals surface area contributed by atoms with Gasteiger partial charge in [-0.2, -0.15) is 13.2 Å². The lowest BCUT2D eigenvalue weighted by atomic mass is 10.1. The molecule has 21 heavy (non-hydrogen) atoms. The summed E-state index contributed by atoms with van der Waals surface area (Å²) in [6.07, 6.45) is -7.67. The molecule has 7 nitrogen and oxygen atoms in total. The van der Waals surface area contributed by atoms with Gasteiger partial charge in [0.15, 0.2) is 24.8 Å². The number of hydrogen-bond donors (Lipinski definition) is 3. The van der Waals surface area contributed by atoms with Crippen LogP contribution >= 0.6 is 0 Å². The zero-order chi connectivity index (χ0) is 15.5. The average Bonchev–Trinajstić information content (AvgIpc) is 3.10. The van der Waals surface area contributed by atoms with Crippen LogP contribution in [0.1, 0.15) is 0 Å². The molecule has 0 aromatic carbocycles. The Bertz CT molecular complexity index is 540. The van der Waals surface area contributed by atoms with Gasteiger partial charge in [-0.1, -0.05) is 6.58 Å². The third-order valence-corrected chi connectivity index (χ3v) is 3.40. The van der Waals surface area contributed by atoms with Gasteiger partial charge in [0.1, 0.15) is 11.9 Å². The fourth-order valence-electron chi connectivity index (χ4n) is 2.28. The Kier molecular flexibility index (Phi) is 2.94. The van der Waals surface area contributed by atoms with Gasteiger partial charge in [0.05, 0.1) is 0 Å². The largest absolute Gasteiger partial charge is 0.510 e. The van der Waals surface area contributed by atoms with Crippen molar-refractivity contribution < 1.29 is 37.7 Å². The average molecular weight is 308 g/mol. The maximum atomic E-state index is 14.1. The number of aliphatic hydroxyl groups excluding tert-OH is 2. The Balaban J connectivity index is 1.92. The summed E-state index contributed by atoms with van der Waals surface area (Å²) in [6, 6.07) is 0. The van der Waals surface area contributed by atoms with Crippen molar-refractivity contribution in [3.63, 3.8) is 0 Å². The number of ether oxygens (including phenoxy) is 2. The van der Waals surface area contributed by atoms with E-state index in [1.807, 2.05) is 0 Å². The smallest absolute Gasteiger partial charge is 0.320 e. The fraction of sp³-hybridized carbons (Fsp3) is 0.545. The van der Waals surface area contributed by atoms with Crippen LogP contribution in [0.15, 0.2) is 24.4 Å². The summed E-state index contributed by atoms with van der Waals surface area (Å²) in [4.78, 5) is 11.9. The van der Waals surface area contributed by atoms with E-state index in [0.29, 0.717) is 11.1 Å². The van der Waals surface area contributed by atoms with E-state index in [9.17, 15) is 28.2 Å². The topological polar surface area (TPSA) is 94.6 Å². The predicted octanol–water partition coefficient (Wildman–Crippen LogP) is -0.296. The van der Waals surface area contributed by atoms with E-state index in [0.717, 1.165) is 0 Å². The SMILES string of the molecule is C=C(O)[C@H]1O[C@@H](N2C=C(F)C(=O)NC3OC32)C(F)(F)[C@@H]1O. The zero-order valence-corrected chi connectivity index (χ0v) is 10.4. The Morgan fingerprint density at radius 3 is 2.71 bits per heavy atom. The minimum Gasteiger partial charge on any atom is -0.510 e. The molecule has 3 aliphatic rings. The highest BCUT2D eigenvalue weighted by Crippen LogP contribution is 2.43. The first-order chi connectivity index (χ1) is 9.73. The van der Waals surface area contributed by atoms with Gasteiger partial charge in [0.2, 0.25) is 5.83 Å². The Hall–Kier alpha value is -1.78. The first kappa shape index (κ1) is 14.2. The number of rotatable bonds is 2. The van der Waals surface area contributed by atoms with Crippen molar-refractivity contribution in [3.05, 3.63) is 24.4 Å². The van der Waals surface area contributed by atoms with Gasteiger partial charge in [-0.05, 0) is 0 Å². The Labute approximate surface area is 116 Å². The van der Waals surface area contributed by atoms with Gasteiger partial charge in [-0.3, -0.25) is 4.79 Å². The second-order valence-electron chi connectivity index (χ2n) is 4.86. The molecule has 0 bridgehead atoms. The van der Waals surface area contributed by atoms with Crippen LogP contribution in [0.5, 0.6) is 0 Å². The number of halogens is 3. The van der Waals surface area contributed by atoms with E-state index in [1.54, 1.807) is 0 Å². The van der Waals surface area contributed by atoms with Crippen LogP contribution in [0.2, 0.25) is 0 Å². The molecule has 2 unspecified atom stereocenters. The molecule has 3 N–H and O–H groups in total. The van der Waals surface area contributed by atoms with Crippen molar-refractivity contribution in [1.29, 1.82) is 0 Å². The number of aliphatic hydroxyl groups is 2. The number of amides is 1. The first-order valence-electron chi connectivity index (χ1n) is 5.93. The van der Waals surface area contributed by atoms with Gasteiger partial charge in [0.25, 0.3) is 5.91 Å². The van der Waals surface area contributed by atoms with Crippen molar-refractivity contribution >= 4 is 5.91 Å². The molecule has 1 amide bonds. The van der Waals surface area contributed by atoms with Gasteiger partial charge in [-0.15, -0.1) is 0 Å². The van der Waals surface area contributed by atoms with E-state index in [2.05, 4.69) is 11.9 Å². The molecule has 116 valence electrons. The van der Waals surface area contributed by atoms with Crippen molar-refractivity contribution in [3.8, 4) is 0 Å². The molecule has 3 aliphatic heterocycles. The second kappa shape index (κ2) is 4.36. The highest BCUT2D eigenvalue weighted by Gasteiger charge is 2.64. The summed E-state index contributed by atoms with van der Waals surface area (Å²) >= 11 is 0.